The molecule has 2 rings (SSSR count). The van der Waals surface area contributed by atoms with Gasteiger partial charge >= 0.3 is 0 Å². The number of nitrogens with one attached hydrogen (secondary N) is 2. The Morgan fingerprint density at radius 1 is 1.39 bits per heavy atom. The Kier molecular flexibility index (Phi) is 3.55. The summed E-state index contributed by atoms with van der Waals surface area (Å²) in [4.78, 5) is 22.9. The number of halogens is 2. The van der Waals surface area contributed by atoms with Gasteiger partial charge in [-0.25, -0.2) is 8.78 Å². The van der Waals surface area contributed by atoms with Crippen LogP contribution in [-0.4, -0.2) is 24.4 Å². The molecule has 0 aliphatic carbocycles. The summed E-state index contributed by atoms with van der Waals surface area (Å²) in [5.41, 5.74) is -0.220. The molecule has 1 unspecified atom stereocenters. The first kappa shape index (κ1) is 12.5. The van der Waals surface area contributed by atoms with E-state index in [9.17, 15) is 18.4 Å². The minimum absolute atomic E-state index is 0.147. The van der Waals surface area contributed by atoms with E-state index in [0.717, 1.165) is 12.1 Å². The van der Waals surface area contributed by atoms with E-state index in [4.69, 9.17) is 0 Å². The van der Waals surface area contributed by atoms with Crippen molar-refractivity contribution in [2.45, 2.75) is 18.9 Å². The van der Waals surface area contributed by atoms with Crippen LogP contribution in [0, 0.1) is 11.6 Å². The Balaban J connectivity index is 2.05. The molecule has 1 saturated heterocycles. The highest BCUT2D eigenvalue weighted by molar-refractivity contribution is 5.95. The molecule has 96 valence electrons. The predicted molar refractivity (Wildman–Crippen MR) is 59.9 cm³/mol. The van der Waals surface area contributed by atoms with E-state index in [1.165, 1.54) is 0 Å². The van der Waals surface area contributed by atoms with Gasteiger partial charge in [0.15, 0.2) is 0 Å². The highest BCUT2D eigenvalue weighted by Gasteiger charge is 2.22. The maximum absolute atomic E-state index is 13.4. The molecule has 1 heterocycles. The standard InChI is InChI=1S/C12H12F2N2O2/c13-7-1-2-9(10(14)5-7)12(18)16-8-3-4-15-11(17)6-8/h1-2,5,8H,3-4,6H2,(H,15,17)(H,16,18). The Bertz CT molecular complexity index is 491. The van der Waals surface area contributed by atoms with Crippen LogP contribution in [0.2, 0.25) is 0 Å². The second-order valence-electron chi connectivity index (χ2n) is 4.14. The molecule has 0 bridgehead atoms. The largest absolute Gasteiger partial charge is 0.356 e. The van der Waals surface area contributed by atoms with Gasteiger partial charge in [-0.1, -0.05) is 0 Å². The lowest BCUT2D eigenvalue weighted by molar-refractivity contribution is -0.122. The van der Waals surface area contributed by atoms with Crippen LogP contribution in [-0.2, 0) is 4.79 Å². The Labute approximate surface area is 102 Å². The first-order valence-corrected chi connectivity index (χ1v) is 5.59. The molecule has 0 saturated carbocycles. The van der Waals surface area contributed by atoms with Crippen LogP contribution < -0.4 is 10.6 Å². The summed E-state index contributed by atoms with van der Waals surface area (Å²) in [5, 5.41) is 5.19. The fourth-order valence-corrected chi connectivity index (χ4v) is 1.84. The van der Waals surface area contributed by atoms with Crippen LogP contribution in [0.3, 0.4) is 0 Å². The molecular weight excluding hydrogens is 242 g/mol. The summed E-state index contributed by atoms with van der Waals surface area (Å²) in [6.45, 7) is 0.482. The maximum Gasteiger partial charge on any atom is 0.254 e. The molecule has 1 aliphatic heterocycles. The molecule has 2 N–H and O–H groups in total. The van der Waals surface area contributed by atoms with Crippen molar-refractivity contribution >= 4 is 11.8 Å². The predicted octanol–water partition coefficient (Wildman–Crippen LogP) is 0.973. The third-order valence-electron chi connectivity index (χ3n) is 2.76. The number of piperidine rings is 1. The highest BCUT2D eigenvalue weighted by Crippen LogP contribution is 2.11. The molecule has 1 aliphatic rings. The van der Waals surface area contributed by atoms with Crippen molar-refractivity contribution in [3.8, 4) is 0 Å². The van der Waals surface area contributed by atoms with Crippen LogP contribution in [0.15, 0.2) is 18.2 Å². The summed E-state index contributed by atoms with van der Waals surface area (Å²) in [6.07, 6.45) is 0.773. The molecule has 6 heteroatoms. The SMILES string of the molecule is O=C1CC(NC(=O)c2ccc(F)cc2F)CCN1. The second kappa shape index (κ2) is 5.12. The van der Waals surface area contributed by atoms with Crippen molar-refractivity contribution in [3.63, 3.8) is 0 Å². The van der Waals surface area contributed by atoms with E-state index in [-0.39, 0.29) is 23.9 Å². The van der Waals surface area contributed by atoms with E-state index in [0.29, 0.717) is 19.0 Å². The van der Waals surface area contributed by atoms with Gasteiger partial charge in [0.1, 0.15) is 11.6 Å². The first-order valence-electron chi connectivity index (χ1n) is 5.59. The van der Waals surface area contributed by atoms with Gasteiger partial charge in [-0.2, -0.15) is 0 Å². The van der Waals surface area contributed by atoms with E-state index >= 15 is 0 Å². The minimum Gasteiger partial charge on any atom is -0.356 e. The zero-order valence-corrected chi connectivity index (χ0v) is 9.50. The van der Waals surface area contributed by atoms with Crippen LogP contribution in [0.4, 0.5) is 8.78 Å². The molecule has 1 fully saturated rings. The van der Waals surface area contributed by atoms with Gasteiger partial charge in [0.2, 0.25) is 5.91 Å². The molecule has 1 atom stereocenters. The molecule has 4 nitrogen and oxygen atoms in total. The number of carbonyl (C=O) groups is 2. The smallest absolute Gasteiger partial charge is 0.254 e. The lowest BCUT2D eigenvalue weighted by Gasteiger charge is -2.23. The van der Waals surface area contributed by atoms with E-state index in [1.54, 1.807) is 0 Å². The Morgan fingerprint density at radius 2 is 2.17 bits per heavy atom. The van der Waals surface area contributed by atoms with Crippen LogP contribution >= 0.6 is 0 Å². The lowest BCUT2D eigenvalue weighted by atomic mass is 10.1. The van der Waals surface area contributed by atoms with Gasteiger partial charge in [-0.05, 0) is 18.6 Å². The highest BCUT2D eigenvalue weighted by atomic mass is 19.1. The number of rotatable bonds is 2. The van der Waals surface area contributed by atoms with Crippen molar-refractivity contribution in [3.05, 3.63) is 35.4 Å². The van der Waals surface area contributed by atoms with Gasteiger partial charge in [-0.3, -0.25) is 9.59 Å². The van der Waals surface area contributed by atoms with Crippen molar-refractivity contribution in [1.82, 2.24) is 10.6 Å². The normalized spacial score (nSPS) is 19.2. The maximum atomic E-state index is 13.4. The lowest BCUT2D eigenvalue weighted by Crippen LogP contribution is -2.45. The zero-order chi connectivity index (χ0) is 13.1. The van der Waals surface area contributed by atoms with Crippen LogP contribution in [0.1, 0.15) is 23.2 Å². The summed E-state index contributed by atoms with van der Waals surface area (Å²) in [7, 11) is 0. The average Bonchev–Trinajstić information content (AvgIpc) is 2.28. The van der Waals surface area contributed by atoms with Crippen LogP contribution in [0.5, 0.6) is 0 Å². The summed E-state index contributed by atoms with van der Waals surface area (Å²) >= 11 is 0. The van der Waals surface area contributed by atoms with E-state index < -0.39 is 17.5 Å². The monoisotopic (exact) mass is 254 g/mol. The van der Waals surface area contributed by atoms with E-state index in [1.807, 2.05) is 0 Å². The minimum atomic E-state index is -0.909. The average molecular weight is 254 g/mol. The molecule has 0 aromatic heterocycles. The summed E-state index contributed by atoms with van der Waals surface area (Å²) in [5.74, 6) is -2.42. The quantitative estimate of drug-likeness (QED) is 0.826. The third-order valence-corrected chi connectivity index (χ3v) is 2.76. The molecule has 0 spiro atoms. The second-order valence-corrected chi connectivity index (χ2v) is 4.14. The number of hydrogen-bond donors (Lipinski definition) is 2. The molecule has 2 amide bonds. The molecule has 1 aromatic rings. The molecule has 1 aromatic carbocycles. The third kappa shape index (κ3) is 2.82. The summed E-state index contributed by atoms with van der Waals surface area (Å²) in [6, 6.07) is 2.45. The fourth-order valence-electron chi connectivity index (χ4n) is 1.84. The van der Waals surface area contributed by atoms with Gasteiger partial charge in [-0.15, -0.1) is 0 Å². The zero-order valence-electron chi connectivity index (χ0n) is 9.50. The van der Waals surface area contributed by atoms with Crippen molar-refractivity contribution in [2.24, 2.45) is 0 Å². The van der Waals surface area contributed by atoms with Crippen LogP contribution in [0.25, 0.3) is 0 Å². The number of carbonyl (C=O) groups excluding carboxylic acids is 2. The van der Waals surface area contributed by atoms with Crippen molar-refractivity contribution < 1.29 is 18.4 Å². The van der Waals surface area contributed by atoms with Crippen molar-refractivity contribution in [1.29, 1.82) is 0 Å². The Hall–Kier alpha value is -1.98. The van der Waals surface area contributed by atoms with Gasteiger partial charge in [0.05, 0.1) is 5.56 Å². The molecular formula is C12H12F2N2O2. The Morgan fingerprint density at radius 3 is 2.83 bits per heavy atom. The van der Waals surface area contributed by atoms with Gasteiger partial charge < -0.3 is 10.6 Å². The van der Waals surface area contributed by atoms with E-state index in [2.05, 4.69) is 10.6 Å². The number of amides is 2. The van der Waals surface area contributed by atoms with Crippen molar-refractivity contribution in [2.75, 3.05) is 6.54 Å². The number of benzene rings is 1. The molecule has 0 radical (unpaired) electrons. The fraction of sp³-hybridized carbons (Fsp3) is 0.333. The number of hydrogen-bond acceptors (Lipinski definition) is 2. The van der Waals surface area contributed by atoms with Gasteiger partial charge in [0.25, 0.3) is 5.91 Å². The molecule has 18 heavy (non-hydrogen) atoms. The first-order chi connectivity index (χ1) is 8.56. The topological polar surface area (TPSA) is 58.2 Å². The van der Waals surface area contributed by atoms with Gasteiger partial charge in [0, 0.05) is 25.1 Å². The summed E-state index contributed by atoms with van der Waals surface area (Å²) < 4.78 is 26.0.